The third kappa shape index (κ3) is 3.90. The maximum Gasteiger partial charge on any atom is 0.321 e. The molecule has 1 aliphatic carbocycles. The molecule has 0 spiro atoms. The van der Waals surface area contributed by atoms with E-state index >= 15 is 0 Å². The van der Waals surface area contributed by atoms with Gasteiger partial charge in [-0.1, -0.05) is 32.1 Å². The number of aromatic nitrogens is 2. The third-order valence-corrected chi connectivity index (χ3v) is 4.78. The number of urea groups is 1. The van der Waals surface area contributed by atoms with E-state index in [2.05, 4.69) is 41.6 Å². The standard InChI is InChI=1S/C16H22N4O2S/c1-9-5-8-11(22-9)12(16(2,3)4)17-14(21)18-15-20-19-13(23-15)10-6-7-10/h5,8,10,12H,6-7H2,1-4H3,(H2,17,18,20,21)/t12-/m0/s1. The molecule has 0 aliphatic heterocycles. The SMILES string of the molecule is Cc1ccc([C@H](NC(=O)Nc2nnc(C3CC3)s2)C(C)(C)C)o1. The van der Waals surface area contributed by atoms with E-state index < -0.39 is 0 Å². The molecule has 2 N–H and O–H groups in total. The molecule has 1 atom stereocenters. The Morgan fingerprint density at radius 3 is 2.65 bits per heavy atom. The summed E-state index contributed by atoms with van der Waals surface area (Å²) in [6.45, 7) is 8.08. The molecule has 0 unspecified atom stereocenters. The maximum absolute atomic E-state index is 12.3. The van der Waals surface area contributed by atoms with Crippen molar-refractivity contribution in [2.75, 3.05) is 5.32 Å². The average Bonchev–Trinajstić information content (AvgIpc) is 3.06. The van der Waals surface area contributed by atoms with E-state index in [-0.39, 0.29) is 17.5 Å². The van der Waals surface area contributed by atoms with Gasteiger partial charge in [-0.3, -0.25) is 5.32 Å². The summed E-state index contributed by atoms with van der Waals surface area (Å²) < 4.78 is 5.70. The first-order chi connectivity index (χ1) is 10.8. The molecule has 124 valence electrons. The smallest absolute Gasteiger partial charge is 0.321 e. The van der Waals surface area contributed by atoms with Crippen LogP contribution in [0.4, 0.5) is 9.93 Å². The summed E-state index contributed by atoms with van der Waals surface area (Å²) in [5.74, 6) is 2.12. The van der Waals surface area contributed by atoms with Gasteiger partial charge >= 0.3 is 6.03 Å². The van der Waals surface area contributed by atoms with Gasteiger partial charge in [0.05, 0.1) is 6.04 Å². The number of carbonyl (C=O) groups is 1. The van der Waals surface area contributed by atoms with Crippen molar-refractivity contribution < 1.29 is 9.21 Å². The first-order valence-electron chi connectivity index (χ1n) is 7.80. The average molecular weight is 334 g/mol. The number of aryl methyl sites for hydroxylation is 1. The Morgan fingerprint density at radius 2 is 2.09 bits per heavy atom. The highest BCUT2D eigenvalue weighted by Crippen LogP contribution is 2.42. The molecular formula is C16H22N4O2S. The third-order valence-electron chi connectivity index (χ3n) is 3.77. The fourth-order valence-corrected chi connectivity index (χ4v) is 3.28. The summed E-state index contributed by atoms with van der Waals surface area (Å²) in [6.07, 6.45) is 2.34. The van der Waals surface area contributed by atoms with Crippen LogP contribution in [0.2, 0.25) is 0 Å². The zero-order valence-electron chi connectivity index (χ0n) is 13.8. The molecule has 1 saturated carbocycles. The Morgan fingerprint density at radius 1 is 1.35 bits per heavy atom. The number of nitrogens with zero attached hydrogens (tertiary/aromatic N) is 2. The second-order valence-electron chi connectivity index (χ2n) is 7.07. The molecule has 2 heterocycles. The normalized spacial score (nSPS) is 16.2. The predicted molar refractivity (Wildman–Crippen MR) is 89.7 cm³/mol. The molecule has 3 rings (SSSR count). The molecule has 0 aromatic carbocycles. The van der Waals surface area contributed by atoms with Crippen molar-refractivity contribution in [3.05, 3.63) is 28.7 Å². The van der Waals surface area contributed by atoms with Gasteiger partial charge in [0.25, 0.3) is 0 Å². The van der Waals surface area contributed by atoms with Gasteiger partial charge in [0.15, 0.2) is 0 Å². The first kappa shape index (κ1) is 16.0. The zero-order valence-corrected chi connectivity index (χ0v) is 14.7. The number of anilines is 1. The summed E-state index contributed by atoms with van der Waals surface area (Å²) in [5.41, 5.74) is -0.179. The molecule has 0 bridgehead atoms. The molecule has 0 saturated heterocycles. The molecule has 1 fully saturated rings. The van der Waals surface area contributed by atoms with Crippen LogP contribution >= 0.6 is 11.3 Å². The fourth-order valence-electron chi connectivity index (χ4n) is 2.37. The Labute approximate surface area is 139 Å². The number of carbonyl (C=O) groups excluding carboxylic acids is 1. The van der Waals surface area contributed by atoms with Crippen LogP contribution in [0.3, 0.4) is 0 Å². The van der Waals surface area contributed by atoms with E-state index in [0.29, 0.717) is 11.0 Å². The van der Waals surface area contributed by atoms with Crippen LogP contribution in [0, 0.1) is 12.3 Å². The lowest BCUT2D eigenvalue weighted by molar-refractivity contribution is 0.215. The van der Waals surface area contributed by atoms with Gasteiger partial charge in [-0.2, -0.15) is 0 Å². The highest BCUT2D eigenvalue weighted by atomic mass is 32.1. The van der Waals surface area contributed by atoms with E-state index in [1.54, 1.807) is 0 Å². The highest BCUT2D eigenvalue weighted by molar-refractivity contribution is 7.15. The number of furan rings is 1. The Bertz CT molecular complexity index is 697. The van der Waals surface area contributed by atoms with E-state index in [9.17, 15) is 4.79 Å². The monoisotopic (exact) mass is 334 g/mol. The van der Waals surface area contributed by atoms with Gasteiger partial charge in [-0.15, -0.1) is 10.2 Å². The van der Waals surface area contributed by atoms with Crippen molar-refractivity contribution >= 4 is 22.5 Å². The zero-order chi connectivity index (χ0) is 16.6. The van der Waals surface area contributed by atoms with E-state index in [1.807, 2.05) is 19.1 Å². The van der Waals surface area contributed by atoms with Crippen molar-refractivity contribution in [1.82, 2.24) is 15.5 Å². The van der Waals surface area contributed by atoms with E-state index in [1.165, 1.54) is 24.2 Å². The minimum atomic E-state index is -0.294. The number of hydrogen-bond donors (Lipinski definition) is 2. The lowest BCUT2D eigenvalue weighted by atomic mass is 9.85. The van der Waals surface area contributed by atoms with Gasteiger partial charge in [0.2, 0.25) is 5.13 Å². The Balaban J connectivity index is 1.67. The van der Waals surface area contributed by atoms with Gasteiger partial charge < -0.3 is 9.73 Å². The molecule has 2 amide bonds. The van der Waals surface area contributed by atoms with Crippen LogP contribution in [0.1, 0.15) is 62.1 Å². The van der Waals surface area contributed by atoms with Crippen molar-refractivity contribution in [1.29, 1.82) is 0 Å². The Kier molecular flexibility index (Phi) is 4.14. The summed E-state index contributed by atoms with van der Waals surface area (Å²) in [4.78, 5) is 12.3. The van der Waals surface area contributed by atoms with Crippen LogP contribution in [0.5, 0.6) is 0 Å². The van der Waals surface area contributed by atoms with Gasteiger partial charge in [0, 0.05) is 5.92 Å². The second-order valence-corrected chi connectivity index (χ2v) is 8.07. The minimum Gasteiger partial charge on any atom is -0.464 e. The quantitative estimate of drug-likeness (QED) is 0.877. The van der Waals surface area contributed by atoms with Crippen LogP contribution in [0.25, 0.3) is 0 Å². The minimum absolute atomic E-state index is 0.179. The van der Waals surface area contributed by atoms with Crippen molar-refractivity contribution in [2.24, 2.45) is 5.41 Å². The molecule has 6 nitrogen and oxygen atoms in total. The van der Waals surface area contributed by atoms with Crippen LogP contribution in [-0.4, -0.2) is 16.2 Å². The van der Waals surface area contributed by atoms with Crippen LogP contribution in [0.15, 0.2) is 16.5 Å². The fraction of sp³-hybridized carbons (Fsp3) is 0.562. The number of amides is 2. The Hall–Kier alpha value is -1.89. The second kappa shape index (κ2) is 5.96. The predicted octanol–water partition coefficient (Wildman–Crippen LogP) is 4.23. The molecule has 1 aliphatic rings. The lowest BCUT2D eigenvalue weighted by Crippen LogP contribution is -2.38. The summed E-state index contributed by atoms with van der Waals surface area (Å²) in [7, 11) is 0. The molecule has 2 aromatic heterocycles. The van der Waals surface area contributed by atoms with Gasteiger partial charge in [-0.25, -0.2) is 4.79 Å². The first-order valence-corrected chi connectivity index (χ1v) is 8.62. The van der Waals surface area contributed by atoms with Crippen LogP contribution in [-0.2, 0) is 0 Å². The molecule has 0 radical (unpaired) electrons. The van der Waals surface area contributed by atoms with E-state index in [4.69, 9.17) is 4.42 Å². The molecule has 7 heteroatoms. The van der Waals surface area contributed by atoms with E-state index in [0.717, 1.165) is 16.5 Å². The summed E-state index contributed by atoms with van der Waals surface area (Å²) in [5, 5.41) is 15.5. The van der Waals surface area contributed by atoms with Gasteiger partial charge in [-0.05, 0) is 37.3 Å². The largest absolute Gasteiger partial charge is 0.464 e. The molecule has 23 heavy (non-hydrogen) atoms. The maximum atomic E-state index is 12.3. The van der Waals surface area contributed by atoms with Gasteiger partial charge in [0.1, 0.15) is 16.5 Å². The summed E-state index contributed by atoms with van der Waals surface area (Å²) in [6, 6.07) is 3.28. The van der Waals surface area contributed by atoms with Crippen molar-refractivity contribution in [2.45, 2.75) is 52.5 Å². The lowest BCUT2D eigenvalue weighted by Gasteiger charge is -2.29. The number of hydrogen-bond acceptors (Lipinski definition) is 5. The molecule has 2 aromatic rings. The van der Waals surface area contributed by atoms with Crippen molar-refractivity contribution in [3.63, 3.8) is 0 Å². The highest BCUT2D eigenvalue weighted by Gasteiger charge is 2.31. The number of rotatable bonds is 4. The number of nitrogens with one attached hydrogen (secondary N) is 2. The molecular weight excluding hydrogens is 312 g/mol. The summed E-state index contributed by atoms with van der Waals surface area (Å²) >= 11 is 1.45. The van der Waals surface area contributed by atoms with Crippen molar-refractivity contribution in [3.8, 4) is 0 Å². The van der Waals surface area contributed by atoms with Crippen LogP contribution < -0.4 is 10.6 Å². The topological polar surface area (TPSA) is 80.0 Å².